The monoisotopic (exact) mass is 314 g/mol. The molecule has 0 heterocycles. The van der Waals surface area contributed by atoms with Gasteiger partial charge in [0, 0.05) is 12.0 Å². The molecule has 2 aromatic rings. The number of hydrogen-bond donors (Lipinski definition) is 2. The van der Waals surface area contributed by atoms with Crippen LogP contribution < -0.4 is 15.8 Å². The second-order valence-corrected chi connectivity index (χ2v) is 5.52. The number of thiocarbonyl (C=S) groups is 1. The van der Waals surface area contributed by atoms with Crippen LogP contribution in [0.1, 0.15) is 21.5 Å². The van der Waals surface area contributed by atoms with E-state index in [-0.39, 0.29) is 5.91 Å². The molecule has 0 radical (unpaired) electrons. The summed E-state index contributed by atoms with van der Waals surface area (Å²) in [6, 6.07) is 12.8. The summed E-state index contributed by atoms with van der Waals surface area (Å²) >= 11 is 4.87. The maximum atomic E-state index is 12.3. The van der Waals surface area contributed by atoms with Crippen LogP contribution in [0.5, 0.6) is 5.75 Å². The zero-order valence-electron chi connectivity index (χ0n) is 12.6. The van der Waals surface area contributed by atoms with Crippen LogP contribution in [0.15, 0.2) is 42.5 Å². The Hall–Kier alpha value is -2.40. The number of nitrogens with two attached hydrogens (primary N) is 1. The number of aryl methyl sites for hydroxylation is 1. The second-order valence-electron chi connectivity index (χ2n) is 5.00. The first-order valence-electron chi connectivity index (χ1n) is 6.83. The van der Waals surface area contributed by atoms with Gasteiger partial charge >= 0.3 is 0 Å². The molecule has 0 unspecified atom stereocenters. The Morgan fingerprint density at radius 3 is 2.50 bits per heavy atom. The lowest BCUT2D eigenvalue weighted by atomic mass is 10.1. The third-order valence-electron chi connectivity index (χ3n) is 3.20. The number of rotatable bonds is 5. The molecule has 3 N–H and O–H groups in total. The highest BCUT2D eigenvalue weighted by atomic mass is 32.1. The van der Waals surface area contributed by atoms with Crippen molar-refractivity contribution in [1.82, 2.24) is 0 Å². The number of methoxy groups -OCH3 is 1. The maximum Gasteiger partial charge on any atom is 0.255 e. The molecule has 0 aliphatic rings. The van der Waals surface area contributed by atoms with E-state index in [9.17, 15) is 4.79 Å². The van der Waals surface area contributed by atoms with Crippen molar-refractivity contribution in [2.24, 2.45) is 5.73 Å². The Morgan fingerprint density at radius 2 is 1.91 bits per heavy atom. The Bertz CT molecular complexity index is 696. The van der Waals surface area contributed by atoms with Gasteiger partial charge in [-0.2, -0.15) is 0 Å². The molecule has 0 saturated heterocycles. The van der Waals surface area contributed by atoms with Gasteiger partial charge in [0.1, 0.15) is 5.75 Å². The first-order chi connectivity index (χ1) is 10.5. The lowest BCUT2D eigenvalue weighted by Crippen LogP contribution is -2.14. The van der Waals surface area contributed by atoms with Crippen molar-refractivity contribution in [1.29, 1.82) is 0 Å². The van der Waals surface area contributed by atoms with E-state index in [1.165, 1.54) is 0 Å². The second kappa shape index (κ2) is 7.04. The van der Waals surface area contributed by atoms with Crippen LogP contribution in [0.25, 0.3) is 0 Å². The summed E-state index contributed by atoms with van der Waals surface area (Å²) in [6.45, 7) is 1.96. The van der Waals surface area contributed by atoms with Gasteiger partial charge in [0.2, 0.25) is 0 Å². The topological polar surface area (TPSA) is 64.3 Å². The zero-order chi connectivity index (χ0) is 16.1. The summed E-state index contributed by atoms with van der Waals surface area (Å²) in [4.78, 5) is 12.7. The van der Waals surface area contributed by atoms with E-state index >= 15 is 0 Å². The minimum Gasteiger partial charge on any atom is -0.495 e. The summed E-state index contributed by atoms with van der Waals surface area (Å²) in [5, 5.41) is 2.86. The van der Waals surface area contributed by atoms with Gasteiger partial charge in [0.05, 0.1) is 17.8 Å². The van der Waals surface area contributed by atoms with Gasteiger partial charge in [-0.1, -0.05) is 30.4 Å². The fourth-order valence-electron chi connectivity index (χ4n) is 2.09. The van der Waals surface area contributed by atoms with E-state index in [1.807, 2.05) is 37.3 Å². The van der Waals surface area contributed by atoms with E-state index in [0.29, 0.717) is 28.4 Å². The highest BCUT2D eigenvalue weighted by Crippen LogP contribution is 2.25. The van der Waals surface area contributed by atoms with Crippen molar-refractivity contribution in [2.75, 3.05) is 12.4 Å². The van der Waals surface area contributed by atoms with Gasteiger partial charge in [0.15, 0.2) is 0 Å². The Morgan fingerprint density at radius 1 is 1.23 bits per heavy atom. The Balaban J connectivity index is 2.15. The molecule has 0 aromatic heterocycles. The molecule has 2 rings (SSSR count). The van der Waals surface area contributed by atoms with E-state index in [4.69, 9.17) is 22.7 Å². The van der Waals surface area contributed by atoms with E-state index in [2.05, 4.69) is 5.32 Å². The zero-order valence-corrected chi connectivity index (χ0v) is 13.4. The summed E-state index contributed by atoms with van der Waals surface area (Å²) in [6.07, 6.45) is 0.531. The molecule has 0 fully saturated rings. The van der Waals surface area contributed by atoms with E-state index in [1.54, 1.807) is 19.2 Å². The van der Waals surface area contributed by atoms with Crippen LogP contribution in [-0.4, -0.2) is 18.0 Å². The van der Waals surface area contributed by atoms with Gasteiger partial charge in [-0.25, -0.2) is 0 Å². The van der Waals surface area contributed by atoms with E-state index < -0.39 is 0 Å². The number of hydrogen-bond acceptors (Lipinski definition) is 3. The Labute approximate surface area is 135 Å². The summed E-state index contributed by atoms with van der Waals surface area (Å²) in [7, 11) is 1.57. The fourth-order valence-corrected chi connectivity index (χ4v) is 2.26. The summed E-state index contributed by atoms with van der Waals surface area (Å²) in [5.41, 5.74) is 8.75. The minimum absolute atomic E-state index is 0.189. The van der Waals surface area contributed by atoms with Crippen molar-refractivity contribution in [3.8, 4) is 5.75 Å². The number of nitrogens with one attached hydrogen (secondary N) is 1. The third kappa shape index (κ3) is 4.05. The lowest BCUT2D eigenvalue weighted by Gasteiger charge is -2.11. The van der Waals surface area contributed by atoms with Gasteiger partial charge in [-0.05, 0) is 42.3 Å². The Kier molecular flexibility index (Phi) is 5.12. The molecule has 114 valence electrons. The molecular weight excluding hydrogens is 296 g/mol. The fraction of sp³-hybridized carbons (Fsp3) is 0.176. The average molecular weight is 314 g/mol. The molecular formula is C17H18N2O2S. The number of ether oxygens (including phenoxy) is 1. The van der Waals surface area contributed by atoms with Crippen molar-refractivity contribution < 1.29 is 9.53 Å². The summed E-state index contributed by atoms with van der Waals surface area (Å²) in [5.74, 6) is 0.440. The number of carbonyl (C=O) groups is 1. The maximum absolute atomic E-state index is 12.3. The highest BCUT2D eigenvalue weighted by molar-refractivity contribution is 7.80. The molecule has 5 heteroatoms. The predicted octanol–water partition coefficient (Wildman–Crippen LogP) is 3.08. The first kappa shape index (κ1) is 16.0. The van der Waals surface area contributed by atoms with Crippen molar-refractivity contribution >= 4 is 28.8 Å². The molecule has 1 amide bonds. The van der Waals surface area contributed by atoms with Crippen LogP contribution in [-0.2, 0) is 6.42 Å². The normalized spacial score (nSPS) is 10.1. The molecule has 0 spiro atoms. The van der Waals surface area contributed by atoms with Crippen molar-refractivity contribution in [2.45, 2.75) is 13.3 Å². The van der Waals surface area contributed by atoms with Crippen molar-refractivity contribution in [3.05, 3.63) is 59.2 Å². The predicted molar refractivity (Wildman–Crippen MR) is 92.6 cm³/mol. The minimum atomic E-state index is -0.189. The van der Waals surface area contributed by atoms with E-state index in [0.717, 1.165) is 11.1 Å². The van der Waals surface area contributed by atoms with Crippen LogP contribution in [0, 0.1) is 6.92 Å². The van der Waals surface area contributed by atoms with Crippen LogP contribution in [0.4, 0.5) is 5.69 Å². The van der Waals surface area contributed by atoms with Crippen molar-refractivity contribution in [3.63, 3.8) is 0 Å². The molecule has 0 atom stereocenters. The quantitative estimate of drug-likeness (QED) is 0.833. The average Bonchev–Trinajstić information content (AvgIpc) is 2.47. The summed E-state index contributed by atoms with van der Waals surface area (Å²) < 4.78 is 5.26. The van der Waals surface area contributed by atoms with Gasteiger partial charge in [0.25, 0.3) is 5.91 Å². The van der Waals surface area contributed by atoms with Crippen LogP contribution in [0.2, 0.25) is 0 Å². The third-order valence-corrected chi connectivity index (χ3v) is 3.34. The number of amides is 1. The number of anilines is 1. The smallest absolute Gasteiger partial charge is 0.255 e. The largest absolute Gasteiger partial charge is 0.495 e. The molecule has 0 saturated carbocycles. The van der Waals surface area contributed by atoms with Crippen LogP contribution >= 0.6 is 12.2 Å². The first-order valence-corrected chi connectivity index (χ1v) is 7.23. The standard InChI is InChI=1S/C17H18N2O2S/c1-11-3-8-15(21-2)14(9-11)19-17(20)13-6-4-12(5-7-13)10-16(18)22/h3-9H,10H2,1-2H3,(H2,18,22)(H,19,20). The molecule has 22 heavy (non-hydrogen) atoms. The lowest BCUT2D eigenvalue weighted by molar-refractivity contribution is 0.102. The SMILES string of the molecule is COc1ccc(C)cc1NC(=O)c1ccc(CC(N)=S)cc1. The van der Waals surface area contributed by atoms with Crippen LogP contribution in [0.3, 0.4) is 0 Å². The van der Waals surface area contributed by atoms with Gasteiger partial charge < -0.3 is 15.8 Å². The molecule has 2 aromatic carbocycles. The van der Waals surface area contributed by atoms with Gasteiger partial charge in [-0.15, -0.1) is 0 Å². The molecule has 0 aliphatic carbocycles. The molecule has 0 aliphatic heterocycles. The number of benzene rings is 2. The highest BCUT2D eigenvalue weighted by Gasteiger charge is 2.10. The molecule has 4 nitrogen and oxygen atoms in total. The number of carbonyl (C=O) groups excluding carboxylic acids is 1. The molecule has 0 bridgehead atoms. The van der Waals surface area contributed by atoms with Gasteiger partial charge in [-0.3, -0.25) is 4.79 Å².